The van der Waals surface area contributed by atoms with Crippen molar-refractivity contribution in [2.45, 2.75) is 51.5 Å². The van der Waals surface area contributed by atoms with Gasteiger partial charge in [-0.1, -0.05) is 26.2 Å². The van der Waals surface area contributed by atoms with Crippen LogP contribution in [0.4, 0.5) is 0 Å². The second-order valence-corrected chi connectivity index (χ2v) is 4.84. The van der Waals surface area contributed by atoms with Crippen LogP contribution in [0.3, 0.4) is 0 Å². The second-order valence-electron chi connectivity index (χ2n) is 4.84. The maximum atomic E-state index is 6.37. The van der Waals surface area contributed by atoms with E-state index in [9.17, 15) is 0 Å². The van der Waals surface area contributed by atoms with Crippen molar-refractivity contribution in [3.8, 4) is 0 Å². The van der Waals surface area contributed by atoms with Crippen molar-refractivity contribution in [2.24, 2.45) is 23.3 Å². The van der Waals surface area contributed by atoms with Crippen molar-refractivity contribution >= 4 is 0 Å². The van der Waals surface area contributed by atoms with Crippen LogP contribution in [0.15, 0.2) is 0 Å². The molecule has 0 saturated heterocycles. The van der Waals surface area contributed by atoms with Crippen molar-refractivity contribution in [3.63, 3.8) is 0 Å². The molecule has 0 spiro atoms. The highest BCUT2D eigenvalue weighted by molar-refractivity contribution is 4.92. The molecule has 1 aliphatic rings. The van der Waals surface area contributed by atoms with Gasteiger partial charge in [0.1, 0.15) is 0 Å². The van der Waals surface area contributed by atoms with Gasteiger partial charge in [-0.15, -0.1) is 0 Å². The maximum Gasteiger partial charge on any atom is 0.0192 e. The molecule has 0 aliphatic heterocycles. The van der Waals surface area contributed by atoms with Gasteiger partial charge in [-0.25, -0.2) is 0 Å². The van der Waals surface area contributed by atoms with Gasteiger partial charge in [0.15, 0.2) is 0 Å². The van der Waals surface area contributed by atoms with Crippen LogP contribution in [0.25, 0.3) is 0 Å². The summed E-state index contributed by atoms with van der Waals surface area (Å²) in [7, 11) is 0. The van der Waals surface area contributed by atoms with Gasteiger partial charge >= 0.3 is 0 Å². The van der Waals surface area contributed by atoms with E-state index in [1.807, 2.05) is 0 Å². The first-order valence-electron chi connectivity index (χ1n) is 5.58. The molecule has 0 amide bonds. The van der Waals surface area contributed by atoms with E-state index < -0.39 is 0 Å². The molecule has 1 rings (SSSR count). The van der Waals surface area contributed by atoms with Crippen LogP contribution in [0.1, 0.15) is 46.0 Å². The van der Waals surface area contributed by atoms with Gasteiger partial charge in [0.2, 0.25) is 0 Å². The lowest BCUT2D eigenvalue weighted by molar-refractivity contribution is 0.164. The van der Waals surface area contributed by atoms with Crippen molar-refractivity contribution in [2.75, 3.05) is 6.54 Å². The summed E-state index contributed by atoms with van der Waals surface area (Å²) >= 11 is 0. The standard InChI is InChI=1S/C11H24N2/c1-9(8-12)11(2,13)10-6-4-3-5-7-10/h9-10H,3-8,12-13H2,1-2H3. The van der Waals surface area contributed by atoms with Gasteiger partial charge in [-0.05, 0) is 38.1 Å². The van der Waals surface area contributed by atoms with Gasteiger partial charge in [0.05, 0.1) is 0 Å². The van der Waals surface area contributed by atoms with Crippen molar-refractivity contribution in [1.82, 2.24) is 0 Å². The second kappa shape index (κ2) is 4.43. The Morgan fingerprint density at radius 1 is 1.31 bits per heavy atom. The van der Waals surface area contributed by atoms with Gasteiger partial charge in [-0.3, -0.25) is 0 Å². The first kappa shape index (κ1) is 11.0. The van der Waals surface area contributed by atoms with Crippen molar-refractivity contribution in [1.29, 1.82) is 0 Å². The molecule has 78 valence electrons. The van der Waals surface area contributed by atoms with E-state index >= 15 is 0 Å². The van der Waals surface area contributed by atoms with E-state index in [-0.39, 0.29) is 5.54 Å². The first-order valence-corrected chi connectivity index (χ1v) is 5.58. The molecular weight excluding hydrogens is 160 g/mol. The summed E-state index contributed by atoms with van der Waals surface area (Å²) in [6, 6.07) is 0. The van der Waals surface area contributed by atoms with Gasteiger partial charge < -0.3 is 11.5 Å². The number of hydrogen-bond acceptors (Lipinski definition) is 2. The average molecular weight is 184 g/mol. The number of rotatable bonds is 3. The topological polar surface area (TPSA) is 52.0 Å². The smallest absolute Gasteiger partial charge is 0.0192 e. The van der Waals surface area contributed by atoms with Crippen LogP contribution in [-0.2, 0) is 0 Å². The zero-order chi connectivity index (χ0) is 9.90. The molecular formula is C11H24N2. The number of hydrogen-bond donors (Lipinski definition) is 2. The SMILES string of the molecule is CC(CN)C(C)(N)C1CCCCC1. The lowest BCUT2D eigenvalue weighted by atomic mass is 9.70. The molecule has 0 aromatic rings. The van der Waals surface area contributed by atoms with Crippen molar-refractivity contribution in [3.05, 3.63) is 0 Å². The third-order valence-electron chi connectivity index (χ3n) is 3.90. The lowest BCUT2D eigenvalue weighted by Crippen LogP contribution is -2.52. The highest BCUT2D eigenvalue weighted by Gasteiger charge is 2.35. The molecule has 0 aromatic carbocycles. The van der Waals surface area contributed by atoms with Crippen LogP contribution >= 0.6 is 0 Å². The molecule has 1 aliphatic carbocycles. The van der Waals surface area contributed by atoms with Crippen LogP contribution in [0.2, 0.25) is 0 Å². The fraction of sp³-hybridized carbons (Fsp3) is 1.00. The predicted octanol–water partition coefficient (Wildman–Crippen LogP) is 1.88. The Morgan fingerprint density at radius 3 is 2.31 bits per heavy atom. The summed E-state index contributed by atoms with van der Waals surface area (Å²) in [6.07, 6.45) is 6.71. The normalized spacial score (nSPS) is 26.8. The predicted molar refractivity (Wildman–Crippen MR) is 57.4 cm³/mol. The quantitative estimate of drug-likeness (QED) is 0.703. The van der Waals surface area contributed by atoms with Crippen molar-refractivity contribution < 1.29 is 0 Å². The summed E-state index contributed by atoms with van der Waals surface area (Å²) in [6.45, 7) is 5.07. The summed E-state index contributed by atoms with van der Waals surface area (Å²) in [5, 5.41) is 0. The molecule has 1 fully saturated rings. The van der Waals surface area contributed by atoms with Gasteiger partial charge in [-0.2, -0.15) is 0 Å². The Balaban J connectivity index is 2.55. The Labute approximate surface area is 82.1 Å². The molecule has 4 N–H and O–H groups in total. The van der Waals surface area contributed by atoms with E-state index in [0.717, 1.165) is 0 Å². The fourth-order valence-corrected chi connectivity index (χ4v) is 2.38. The third kappa shape index (κ3) is 2.44. The largest absolute Gasteiger partial charge is 0.330 e. The minimum atomic E-state index is -0.0465. The third-order valence-corrected chi connectivity index (χ3v) is 3.90. The highest BCUT2D eigenvalue weighted by Crippen LogP contribution is 2.34. The van der Waals surface area contributed by atoms with Crippen LogP contribution < -0.4 is 11.5 Å². The Kier molecular flexibility index (Phi) is 3.74. The summed E-state index contributed by atoms with van der Waals surface area (Å²) in [5.41, 5.74) is 12.0. The van der Waals surface area contributed by atoms with E-state index in [4.69, 9.17) is 11.5 Å². The Morgan fingerprint density at radius 2 is 1.85 bits per heavy atom. The molecule has 0 bridgehead atoms. The number of nitrogens with two attached hydrogens (primary N) is 2. The van der Waals surface area contributed by atoms with E-state index in [1.54, 1.807) is 0 Å². The zero-order valence-corrected chi connectivity index (χ0v) is 9.05. The first-order chi connectivity index (χ1) is 6.09. The molecule has 13 heavy (non-hydrogen) atoms. The summed E-state index contributed by atoms with van der Waals surface area (Å²) in [4.78, 5) is 0. The molecule has 2 nitrogen and oxygen atoms in total. The van der Waals surface area contributed by atoms with Crippen LogP contribution in [0, 0.1) is 11.8 Å². The van der Waals surface area contributed by atoms with E-state index in [2.05, 4.69) is 13.8 Å². The maximum absolute atomic E-state index is 6.37. The van der Waals surface area contributed by atoms with E-state index in [0.29, 0.717) is 18.4 Å². The molecule has 2 heteroatoms. The molecule has 0 heterocycles. The molecule has 0 radical (unpaired) electrons. The Hall–Kier alpha value is -0.0800. The minimum Gasteiger partial charge on any atom is -0.330 e. The lowest BCUT2D eigenvalue weighted by Gasteiger charge is -2.41. The van der Waals surface area contributed by atoms with E-state index in [1.165, 1.54) is 32.1 Å². The van der Waals surface area contributed by atoms with Crippen LogP contribution in [-0.4, -0.2) is 12.1 Å². The molecule has 2 unspecified atom stereocenters. The molecule has 1 saturated carbocycles. The monoisotopic (exact) mass is 184 g/mol. The Bertz CT molecular complexity index is 148. The van der Waals surface area contributed by atoms with Gasteiger partial charge in [0.25, 0.3) is 0 Å². The molecule has 0 aromatic heterocycles. The average Bonchev–Trinajstić information content (AvgIpc) is 2.18. The highest BCUT2D eigenvalue weighted by atomic mass is 14.8. The van der Waals surface area contributed by atoms with Crippen LogP contribution in [0.5, 0.6) is 0 Å². The zero-order valence-electron chi connectivity index (χ0n) is 9.05. The molecule has 2 atom stereocenters. The van der Waals surface area contributed by atoms with Gasteiger partial charge in [0, 0.05) is 5.54 Å². The summed E-state index contributed by atoms with van der Waals surface area (Å²) < 4.78 is 0. The fourth-order valence-electron chi connectivity index (χ4n) is 2.38. The minimum absolute atomic E-state index is 0.0465. The summed E-state index contributed by atoms with van der Waals surface area (Å²) in [5.74, 6) is 1.13.